The number of amides is 2. The lowest BCUT2D eigenvalue weighted by Crippen LogP contribution is -2.49. The lowest BCUT2D eigenvalue weighted by Gasteiger charge is -2.36. The van der Waals surface area contributed by atoms with E-state index >= 15 is 0 Å². The molecule has 0 atom stereocenters. The first-order chi connectivity index (χ1) is 17.5. The van der Waals surface area contributed by atoms with Crippen LogP contribution < -0.4 is 14.4 Å². The molecular weight excluding hydrogens is 460 g/mol. The van der Waals surface area contributed by atoms with E-state index in [2.05, 4.69) is 4.98 Å². The Kier molecular flexibility index (Phi) is 6.97. The predicted octanol–water partition coefficient (Wildman–Crippen LogP) is 4.53. The van der Waals surface area contributed by atoms with Crippen LogP contribution in [0.15, 0.2) is 42.7 Å². The van der Waals surface area contributed by atoms with Crippen LogP contribution in [0.2, 0.25) is 0 Å². The van der Waals surface area contributed by atoms with Gasteiger partial charge in [0, 0.05) is 49.2 Å². The third-order valence-corrected chi connectivity index (χ3v) is 6.90. The maximum Gasteiger partial charge on any atom is 0.324 e. The summed E-state index contributed by atoms with van der Waals surface area (Å²) in [6.45, 7) is 2.18. The fraction of sp³-hybridized carbons (Fsp3) is 0.444. The number of urea groups is 1. The summed E-state index contributed by atoms with van der Waals surface area (Å²) < 4.78 is 13.1. The van der Waals surface area contributed by atoms with Crippen LogP contribution in [0.5, 0.6) is 11.5 Å². The Labute approximate surface area is 210 Å². The molecule has 2 amide bonds. The summed E-state index contributed by atoms with van der Waals surface area (Å²) in [5.41, 5.74) is 2.33. The van der Waals surface area contributed by atoms with E-state index < -0.39 is 5.97 Å². The molecule has 0 bridgehead atoms. The highest BCUT2D eigenvalue weighted by atomic mass is 16.5. The zero-order valence-corrected chi connectivity index (χ0v) is 20.6. The molecule has 1 aliphatic carbocycles. The quantitative estimate of drug-likeness (QED) is 0.395. The number of fused-ring (bicyclic) bond motifs is 1. The molecular formula is C27H32N4O5. The fourth-order valence-electron chi connectivity index (χ4n) is 4.84. The number of anilines is 1. The molecule has 9 heteroatoms. The standard InChI is InChI=1S/C27H32N4O5/c1-35-23-8-7-21(16-24(23)36-15-2-4-19-5-6-19)31-13-3-12-30(27(31)34)17-20-9-11-28-26-22(20)10-14-29(26)18-25(32)33/h7-11,14,16,19H,2-6,12-13,15,17-18H2,1H3,(H,32,33). The van der Waals surface area contributed by atoms with Crippen LogP contribution in [0, 0.1) is 5.92 Å². The van der Waals surface area contributed by atoms with Crippen LogP contribution in [0.25, 0.3) is 11.0 Å². The van der Waals surface area contributed by atoms with Crippen LogP contribution in [0.3, 0.4) is 0 Å². The number of aliphatic carboxylic acids is 1. The lowest BCUT2D eigenvalue weighted by atomic mass is 10.1. The Morgan fingerprint density at radius 3 is 2.81 bits per heavy atom. The summed E-state index contributed by atoms with van der Waals surface area (Å²) >= 11 is 0. The number of ether oxygens (including phenoxy) is 2. The number of aromatic nitrogens is 2. The number of hydrogen-bond acceptors (Lipinski definition) is 5. The minimum absolute atomic E-state index is 0.0685. The second kappa shape index (κ2) is 10.5. The van der Waals surface area contributed by atoms with Gasteiger partial charge in [-0.05, 0) is 55.0 Å². The molecule has 1 aliphatic heterocycles. The minimum Gasteiger partial charge on any atom is -0.493 e. The van der Waals surface area contributed by atoms with E-state index in [4.69, 9.17) is 14.6 Å². The van der Waals surface area contributed by atoms with Crippen LogP contribution in [-0.4, -0.2) is 58.4 Å². The van der Waals surface area contributed by atoms with E-state index in [1.165, 1.54) is 19.3 Å². The van der Waals surface area contributed by atoms with E-state index in [9.17, 15) is 9.59 Å². The summed E-state index contributed by atoms with van der Waals surface area (Å²) in [5.74, 6) is 1.27. The number of hydrogen-bond donors (Lipinski definition) is 1. The van der Waals surface area contributed by atoms with Crippen molar-refractivity contribution < 1.29 is 24.2 Å². The number of carboxylic acids is 1. The number of carbonyl (C=O) groups is 2. The van der Waals surface area contributed by atoms with Gasteiger partial charge in [0.25, 0.3) is 0 Å². The van der Waals surface area contributed by atoms with Crippen molar-refractivity contribution in [1.82, 2.24) is 14.5 Å². The molecule has 1 saturated heterocycles. The maximum absolute atomic E-state index is 13.5. The van der Waals surface area contributed by atoms with Gasteiger partial charge in [-0.2, -0.15) is 0 Å². The SMILES string of the molecule is COc1ccc(N2CCCN(Cc3ccnc4c3ccn4CC(=O)O)C2=O)cc1OCCCC1CC1. The van der Waals surface area contributed by atoms with Crippen LogP contribution >= 0.6 is 0 Å². The maximum atomic E-state index is 13.5. The van der Waals surface area contributed by atoms with Crippen molar-refractivity contribution in [3.05, 3.63) is 48.3 Å². The average molecular weight is 493 g/mol. The minimum atomic E-state index is -0.924. The van der Waals surface area contributed by atoms with Gasteiger partial charge in [-0.3, -0.25) is 9.69 Å². The zero-order chi connectivity index (χ0) is 25.1. The predicted molar refractivity (Wildman–Crippen MR) is 136 cm³/mol. The van der Waals surface area contributed by atoms with Crippen LogP contribution in [0.4, 0.5) is 10.5 Å². The number of carbonyl (C=O) groups excluding carboxylic acids is 1. The Hall–Kier alpha value is -3.75. The molecule has 2 aliphatic rings. The van der Waals surface area contributed by atoms with Gasteiger partial charge in [0.05, 0.1) is 13.7 Å². The van der Waals surface area contributed by atoms with Crippen LogP contribution in [0.1, 0.15) is 37.7 Å². The lowest BCUT2D eigenvalue weighted by molar-refractivity contribution is -0.137. The van der Waals surface area contributed by atoms with E-state index in [0.29, 0.717) is 43.4 Å². The van der Waals surface area contributed by atoms with E-state index in [-0.39, 0.29) is 12.6 Å². The Morgan fingerprint density at radius 1 is 1.17 bits per heavy atom. The van der Waals surface area contributed by atoms with Gasteiger partial charge in [0.2, 0.25) is 0 Å². The summed E-state index contributed by atoms with van der Waals surface area (Å²) in [6, 6.07) is 9.34. The third kappa shape index (κ3) is 5.24. The van der Waals surface area contributed by atoms with Gasteiger partial charge in [0.1, 0.15) is 12.2 Å². The molecule has 9 nitrogen and oxygen atoms in total. The Morgan fingerprint density at radius 2 is 2.03 bits per heavy atom. The van der Waals surface area contributed by atoms with Crippen molar-refractivity contribution in [2.45, 2.75) is 45.2 Å². The molecule has 0 spiro atoms. The normalized spacial score (nSPS) is 16.0. The van der Waals surface area contributed by atoms with Gasteiger partial charge in [0.15, 0.2) is 11.5 Å². The molecule has 0 unspecified atom stereocenters. The van der Waals surface area contributed by atoms with Gasteiger partial charge < -0.3 is 24.0 Å². The summed E-state index contributed by atoms with van der Waals surface area (Å²) in [6.07, 6.45) is 9.12. The Bertz CT molecular complexity index is 1250. The highest BCUT2D eigenvalue weighted by Crippen LogP contribution is 2.35. The molecule has 2 fully saturated rings. The third-order valence-electron chi connectivity index (χ3n) is 6.90. The summed E-state index contributed by atoms with van der Waals surface area (Å²) in [5, 5.41) is 10.0. The molecule has 1 aromatic carbocycles. The number of benzene rings is 1. The average Bonchev–Trinajstić information content (AvgIpc) is 3.62. The monoisotopic (exact) mass is 492 g/mol. The second-order valence-electron chi connectivity index (χ2n) is 9.52. The number of pyridine rings is 1. The number of nitrogens with zero attached hydrogens (tertiary/aromatic N) is 4. The van der Waals surface area contributed by atoms with Crippen molar-refractivity contribution in [2.24, 2.45) is 5.92 Å². The van der Waals surface area contributed by atoms with E-state index in [1.54, 1.807) is 29.0 Å². The number of rotatable bonds is 11. The number of carboxylic acid groups (broad SMARTS) is 1. The zero-order valence-electron chi connectivity index (χ0n) is 20.6. The Balaban J connectivity index is 1.31. The van der Waals surface area contributed by atoms with Crippen molar-refractivity contribution in [3.63, 3.8) is 0 Å². The summed E-state index contributed by atoms with van der Waals surface area (Å²) in [4.78, 5) is 32.6. The summed E-state index contributed by atoms with van der Waals surface area (Å²) in [7, 11) is 1.62. The largest absolute Gasteiger partial charge is 0.493 e. The van der Waals surface area contributed by atoms with Crippen molar-refractivity contribution >= 4 is 28.7 Å². The smallest absolute Gasteiger partial charge is 0.324 e. The molecule has 190 valence electrons. The molecule has 1 N–H and O–H groups in total. The van der Waals surface area contributed by atoms with E-state index in [0.717, 1.165) is 35.4 Å². The fourth-order valence-corrected chi connectivity index (χ4v) is 4.84. The van der Waals surface area contributed by atoms with Gasteiger partial charge in [-0.15, -0.1) is 0 Å². The molecule has 1 saturated carbocycles. The molecule has 2 aromatic heterocycles. The molecule has 3 heterocycles. The highest BCUT2D eigenvalue weighted by molar-refractivity contribution is 5.93. The first-order valence-corrected chi connectivity index (χ1v) is 12.6. The highest BCUT2D eigenvalue weighted by Gasteiger charge is 2.28. The number of methoxy groups -OCH3 is 1. The first-order valence-electron chi connectivity index (χ1n) is 12.6. The van der Waals surface area contributed by atoms with Crippen LogP contribution in [-0.2, 0) is 17.9 Å². The van der Waals surface area contributed by atoms with Crippen molar-refractivity contribution in [3.8, 4) is 11.5 Å². The van der Waals surface area contributed by atoms with Gasteiger partial charge in [-0.25, -0.2) is 9.78 Å². The van der Waals surface area contributed by atoms with Crippen molar-refractivity contribution in [1.29, 1.82) is 0 Å². The molecule has 3 aromatic rings. The van der Waals surface area contributed by atoms with Gasteiger partial charge >= 0.3 is 12.0 Å². The second-order valence-corrected chi connectivity index (χ2v) is 9.52. The molecule has 5 rings (SSSR count). The molecule has 36 heavy (non-hydrogen) atoms. The first kappa shape index (κ1) is 24.0. The van der Waals surface area contributed by atoms with Gasteiger partial charge in [-0.1, -0.05) is 12.8 Å². The molecule has 0 radical (unpaired) electrons. The topological polar surface area (TPSA) is 97.1 Å². The van der Waals surface area contributed by atoms with Crippen molar-refractivity contribution in [2.75, 3.05) is 31.7 Å². The van der Waals surface area contributed by atoms with E-state index in [1.807, 2.05) is 35.2 Å².